The molecule has 1 amide bonds. The topological polar surface area (TPSA) is 79.4 Å². The van der Waals surface area contributed by atoms with Crippen LogP contribution in [0.25, 0.3) is 10.9 Å². The lowest BCUT2D eigenvalue weighted by Crippen LogP contribution is -2.52. The van der Waals surface area contributed by atoms with Gasteiger partial charge in [-0.05, 0) is 57.9 Å². The monoisotopic (exact) mass is 481 g/mol. The second kappa shape index (κ2) is 11.3. The van der Waals surface area contributed by atoms with Crippen molar-refractivity contribution in [2.75, 3.05) is 32.1 Å². The number of hydrogen-bond donors (Lipinski definition) is 2. The molecule has 10 heteroatoms. The molecule has 1 aromatic heterocycles. The number of alkyl halides is 3. The zero-order valence-corrected chi connectivity index (χ0v) is 20.2. The Balaban J connectivity index is 1.65. The first-order chi connectivity index (χ1) is 16.1. The first-order valence-electron chi connectivity index (χ1n) is 11.7. The van der Waals surface area contributed by atoms with Gasteiger partial charge < -0.3 is 15.4 Å². The number of ether oxygens (including phenoxy) is 1. The molecule has 0 unspecified atom stereocenters. The van der Waals surface area contributed by atoms with Gasteiger partial charge in [-0.15, -0.1) is 0 Å². The van der Waals surface area contributed by atoms with Crippen LogP contribution in [0.5, 0.6) is 0 Å². The number of hydrogen-bond acceptors (Lipinski definition) is 6. The Hall–Kier alpha value is -2.46. The van der Waals surface area contributed by atoms with E-state index in [2.05, 4.69) is 46.3 Å². The van der Waals surface area contributed by atoms with Gasteiger partial charge in [0.2, 0.25) is 5.91 Å². The SMILES string of the molecule is CCN(C(C)C)[C@@H]1CC[C@H](NC(=O)CNc2ncnc3ccc(C(F)(F)F)cc23)[C@@H](COC)C1. The third-order valence-corrected chi connectivity index (χ3v) is 6.56. The molecule has 1 aromatic carbocycles. The summed E-state index contributed by atoms with van der Waals surface area (Å²) in [6, 6.07) is 4.17. The van der Waals surface area contributed by atoms with Gasteiger partial charge in [-0.25, -0.2) is 9.97 Å². The summed E-state index contributed by atoms with van der Waals surface area (Å²) in [5.74, 6) is 0.146. The quantitative estimate of drug-likeness (QED) is 0.562. The molecular weight excluding hydrogens is 447 g/mol. The summed E-state index contributed by atoms with van der Waals surface area (Å²) >= 11 is 0. The summed E-state index contributed by atoms with van der Waals surface area (Å²) in [6.07, 6.45) is -0.438. The van der Waals surface area contributed by atoms with Crippen molar-refractivity contribution in [3.63, 3.8) is 0 Å². The largest absolute Gasteiger partial charge is 0.416 e. The van der Waals surface area contributed by atoms with Crippen molar-refractivity contribution >= 4 is 22.6 Å². The summed E-state index contributed by atoms with van der Waals surface area (Å²) in [5.41, 5.74) is -0.418. The summed E-state index contributed by atoms with van der Waals surface area (Å²) in [5, 5.41) is 6.19. The van der Waals surface area contributed by atoms with Crippen molar-refractivity contribution in [1.82, 2.24) is 20.2 Å². The fraction of sp³-hybridized carbons (Fsp3) is 0.625. The molecule has 0 spiro atoms. The minimum atomic E-state index is -4.48. The van der Waals surface area contributed by atoms with Crippen molar-refractivity contribution < 1.29 is 22.7 Å². The first kappa shape index (κ1) is 26.2. The van der Waals surface area contributed by atoms with E-state index in [1.807, 2.05) is 0 Å². The third-order valence-electron chi connectivity index (χ3n) is 6.56. The van der Waals surface area contributed by atoms with E-state index in [-0.39, 0.29) is 35.6 Å². The van der Waals surface area contributed by atoms with E-state index in [9.17, 15) is 18.0 Å². The highest BCUT2D eigenvalue weighted by atomic mass is 19.4. The molecule has 2 aromatic rings. The number of halogens is 3. The highest BCUT2D eigenvalue weighted by Gasteiger charge is 2.34. The maximum atomic E-state index is 13.1. The average Bonchev–Trinajstić information content (AvgIpc) is 2.78. The third kappa shape index (κ3) is 6.35. The van der Waals surface area contributed by atoms with Crippen LogP contribution < -0.4 is 10.6 Å². The number of rotatable bonds is 9. The molecule has 1 heterocycles. The van der Waals surface area contributed by atoms with Crippen LogP contribution in [-0.2, 0) is 15.7 Å². The number of amides is 1. The molecule has 3 rings (SSSR count). The van der Waals surface area contributed by atoms with Gasteiger partial charge in [0.05, 0.1) is 24.2 Å². The van der Waals surface area contributed by atoms with Crippen molar-refractivity contribution in [2.24, 2.45) is 5.92 Å². The Kier molecular flexibility index (Phi) is 8.70. The van der Waals surface area contributed by atoms with Gasteiger partial charge in [0, 0.05) is 36.5 Å². The van der Waals surface area contributed by atoms with E-state index in [0.29, 0.717) is 24.2 Å². The van der Waals surface area contributed by atoms with Gasteiger partial charge in [-0.2, -0.15) is 13.2 Å². The lowest BCUT2D eigenvalue weighted by molar-refractivity contribution is -0.137. The van der Waals surface area contributed by atoms with E-state index in [1.54, 1.807) is 7.11 Å². The Bertz CT molecular complexity index is 969. The molecule has 1 aliphatic rings. The van der Waals surface area contributed by atoms with Gasteiger partial charge in [0.1, 0.15) is 12.1 Å². The minimum absolute atomic E-state index is 0.0182. The molecule has 2 N–H and O–H groups in total. The van der Waals surface area contributed by atoms with Crippen LogP contribution in [0.15, 0.2) is 24.5 Å². The highest BCUT2D eigenvalue weighted by Crippen LogP contribution is 2.33. The number of aromatic nitrogens is 2. The predicted octanol–water partition coefficient (Wildman–Crippen LogP) is 4.09. The number of anilines is 1. The van der Waals surface area contributed by atoms with Crippen molar-refractivity contribution in [1.29, 1.82) is 0 Å². The predicted molar refractivity (Wildman–Crippen MR) is 125 cm³/mol. The van der Waals surface area contributed by atoms with Crippen LogP contribution in [0.4, 0.5) is 19.0 Å². The summed E-state index contributed by atoms with van der Waals surface area (Å²) < 4.78 is 44.8. The number of carbonyl (C=O) groups excluding carboxylic acids is 1. The van der Waals surface area contributed by atoms with Crippen LogP contribution in [0, 0.1) is 5.92 Å². The minimum Gasteiger partial charge on any atom is -0.384 e. The number of carbonyl (C=O) groups is 1. The Morgan fingerprint density at radius 3 is 2.68 bits per heavy atom. The number of benzene rings is 1. The molecule has 0 bridgehead atoms. The summed E-state index contributed by atoms with van der Waals surface area (Å²) in [7, 11) is 1.67. The number of nitrogens with zero attached hydrogens (tertiary/aromatic N) is 3. The van der Waals surface area contributed by atoms with Gasteiger partial charge in [-0.3, -0.25) is 9.69 Å². The number of nitrogens with one attached hydrogen (secondary N) is 2. The second-order valence-corrected chi connectivity index (χ2v) is 9.09. The maximum Gasteiger partial charge on any atom is 0.416 e. The smallest absolute Gasteiger partial charge is 0.384 e. The lowest BCUT2D eigenvalue weighted by Gasteiger charge is -2.42. The van der Waals surface area contributed by atoms with Gasteiger partial charge in [0.25, 0.3) is 0 Å². The van der Waals surface area contributed by atoms with Crippen LogP contribution in [0.2, 0.25) is 0 Å². The van der Waals surface area contributed by atoms with Gasteiger partial charge in [0.15, 0.2) is 0 Å². The molecule has 0 saturated heterocycles. The molecule has 1 aliphatic carbocycles. The lowest BCUT2D eigenvalue weighted by atomic mass is 9.80. The van der Waals surface area contributed by atoms with Crippen molar-refractivity contribution in [3.8, 4) is 0 Å². The number of methoxy groups -OCH3 is 1. The molecule has 1 saturated carbocycles. The molecule has 34 heavy (non-hydrogen) atoms. The Morgan fingerprint density at radius 1 is 1.26 bits per heavy atom. The van der Waals surface area contributed by atoms with E-state index in [4.69, 9.17) is 4.74 Å². The van der Waals surface area contributed by atoms with Crippen LogP contribution in [0.3, 0.4) is 0 Å². The van der Waals surface area contributed by atoms with Crippen LogP contribution in [-0.4, -0.2) is 65.7 Å². The summed E-state index contributed by atoms with van der Waals surface area (Å²) in [6.45, 7) is 7.99. The van der Waals surface area contributed by atoms with Gasteiger partial charge in [-0.1, -0.05) is 6.92 Å². The fourth-order valence-corrected chi connectivity index (χ4v) is 4.97. The normalized spacial score (nSPS) is 21.3. The molecule has 0 aliphatic heterocycles. The fourth-order valence-electron chi connectivity index (χ4n) is 4.97. The van der Waals surface area contributed by atoms with Crippen molar-refractivity contribution in [3.05, 3.63) is 30.1 Å². The molecule has 3 atom stereocenters. The molecule has 1 fully saturated rings. The van der Waals surface area contributed by atoms with E-state index in [1.165, 1.54) is 12.4 Å². The molecule has 0 radical (unpaired) electrons. The highest BCUT2D eigenvalue weighted by molar-refractivity contribution is 5.91. The average molecular weight is 482 g/mol. The Morgan fingerprint density at radius 2 is 2.03 bits per heavy atom. The molecule has 188 valence electrons. The maximum absolute atomic E-state index is 13.1. The zero-order chi connectivity index (χ0) is 24.9. The van der Waals surface area contributed by atoms with E-state index >= 15 is 0 Å². The standard InChI is InChI=1S/C24H34F3N5O2/c1-5-32(15(2)3)18-7-9-20(16(10-18)13-34-4)31-22(33)12-28-23-19-11-17(24(25,26)27)6-8-21(19)29-14-30-23/h6,8,11,14-16,18,20H,5,7,9-10,12-13H2,1-4H3,(H,31,33)(H,28,29,30)/t16-,18-,20+/m1/s1. The van der Waals surface area contributed by atoms with Crippen LogP contribution >= 0.6 is 0 Å². The second-order valence-electron chi connectivity index (χ2n) is 9.09. The Labute approximate surface area is 198 Å². The molecular formula is C24H34F3N5O2. The summed E-state index contributed by atoms with van der Waals surface area (Å²) in [4.78, 5) is 23.3. The van der Waals surface area contributed by atoms with E-state index in [0.717, 1.165) is 37.9 Å². The molecule has 7 nitrogen and oxygen atoms in total. The number of fused-ring (bicyclic) bond motifs is 1. The zero-order valence-electron chi connectivity index (χ0n) is 20.2. The van der Waals surface area contributed by atoms with Crippen LogP contribution in [0.1, 0.15) is 45.6 Å². The first-order valence-corrected chi connectivity index (χ1v) is 11.7. The van der Waals surface area contributed by atoms with E-state index < -0.39 is 11.7 Å². The van der Waals surface area contributed by atoms with Crippen molar-refractivity contribution in [2.45, 2.75) is 64.3 Å². The van der Waals surface area contributed by atoms with Gasteiger partial charge >= 0.3 is 6.18 Å².